The summed E-state index contributed by atoms with van der Waals surface area (Å²) in [4.78, 5) is 12.4. The summed E-state index contributed by atoms with van der Waals surface area (Å²) in [5.41, 5.74) is 1.67. The quantitative estimate of drug-likeness (QED) is 0.713. The third kappa shape index (κ3) is 2.86. The molecule has 2 aromatic rings. The number of benzene rings is 1. The summed E-state index contributed by atoms with van der Waals surface area (Å²) in [6.07, 6.45) is 0.106. The van der Waals surface area contributed by atoms with Gasteiger partial charge < -0.3 is 0 Å². The summed E-state index contributed by atoms with van der Waals surface area (Å²) >= 11 is 6.66. The predicted octanol–water partition coefficient (Wildman–Crippen LogP) is 4.30. The van der Waals surface area contributed by atoms with Crippen LogP contribution in [0.1, 0.15) is 28.7 Å². The second-order valence-corrected chi connectivity index (χ2v) is 6.01. The van der Waals surface area contributed by atoms with Crippen molar-refractivity contribution in [3.05, 3.63) is 49.9 Å². The molecule has 0 bridgehead atoms. The average molecular weight is 404 g/mol. The molecule has 0 saturated carbocycles. The minimum absolute atomic E-state index is 0.0842. The summed E-state index contributed by atoms with van der Waals surface area (Å²) < 4.78 is 16.8. The number of rotatable bonds is 4. The van der Waals surface area contributed by atoms with Crippen LogP contribution in [0.5, 0.6) is 0 Å². The maximum Gasteiger partial charge on any atom is 0.172 e. The fourth-order valence-electron chi connectivity index (χ4n) is 2.04. The Morgan fingerprint density at radius 2 is 2.10 bits per heavy atom. The Morgan fingerprint density at radius 1 is 1.40 bits per heavy atom. The van der Waals surface area contributed by atoms with Crippen molar-refractivity contribution in [3.63, 3.8) is 0 Å². The Bertz CT molecular complexity index is 647. The largest absolute Gasteiger partial charge is 0.294 e. The van der Waals surface area contributed by atoms with Gasteiger partial charge >= 0.3 is 0 Å². The normalized spacial score (nSPS) is 10.8. The van der Waals surface area contributed by atoms with Gasteiger partial charge in [-0.3, -0.25) is 9.48 Å². The van der Waals surface area contributed by atoms with Crippen LogP contribution in [-0.2, 0) is 13.0 Å². The van der Waals surface area contributed by atoms with E-state index in [2.05, 4.69) is 37.0 Å². The first-order chi connectivity index (χ1) is 9.45. The molecule has 0 amide bonds. The van der Waals surface area contributed by atoms with Crippen LogP contribution in [0.25, 0.3) is 0 Å². The number of carbonyl (C=O) groups is 1. The van der Waals surface area contributed by atoms with E-state index in [4.69, 9.17) is 0 Å². The zero-order chi connectivity index (χ0) is 14.9. The number of nitrogens with zero attached hydrogens (tertiary/aromatic N) is 2. The number of hydrogen-bond donors (Lipinski definition) is 0. The third-order valence-electron chi connectivity index (χ3n) is 3.02. The van der Waals surface area contributed by atoms with Crippen molar-refractivity contribution in [3.8, 4) is 0 Å². The van der Waals surface area contributed by atoms with Crippen LogP contribution in [0.4, 0.5) is 4.39 Å². The lowest BCUT2D eigenvalue weighted by Crippen LogP contribution is -2.12. The Morgan fingerprint density at radius 3 is 2.70 bits per heavy atom. The van der Waals surface area contributed by atoms with E-state index in [9.17, 15) is 9.18 Å². The molecule has 1 aromatic heterocycles. The topological polar surface area (TPSA) is 34.9 Å². The molecule has 0 aliphatic heterocycles. The molecule has 0 radical (unpaired) electrons. The van der Waals surface area contributed by atoms with E-state index in [1.54, 1.807) is 16.8 Å². The number of aryl methyl sites for hydroxylation is 2. The van der Waals surface area contributed by atoms with Crippen molar-refractivity contribution in [1.82, 2.24) is 9.78 Å². The highest BCUT2D eigenvalue weighted by Gasteiger charge is 2.20. The van der Waals surface area contributed by atoms with Gasteiger partial charge in [0, 0.05) is 11.0 Å². The zero-order valence-corrected chi connectivity index (χ0v) is 14.3. The smallest absolute Gasteiger partial charge is 0.172 e. The van der Waals surface area contributed by atoms with Gasteiger partial charge in [0.2, 0.25) is 0 Å². The lowest BCUT2D eigenvalue weighted by molar-refractivity contribution is 0.0985. The molecule has 0 saturated heterocycles. The fourth-order valence-corrected chi connectivity index (χ4v) is 3.03. The molecule has 1 aromatic carbocycles. The maximum absolute atomic E-state index is 13.8. The van der Waals surface area contributed by atoms with Gasteiger partial charge in [-0.15, -0.1) is 0 Å². The van der Waals surface area contributed by atoms with Crippen LogP contribution in [-0.4, -0.2) is 15.6 Å². The molecule has 0 unspecified atom stereocenters. The van der Waals surface area contributed by atoms with Gasteiger partial charge in [0.15, 0.2) is 5.78 Å². The third-order valence-corrected chi connectivity index (χ3v) is 4.71. The lowest BCUT2D eigenvalue weighted by Gasteiger charge is -2.07. The average Bonchev–Trinajstić information content (AvgIpc) is 2.66. The van der Waals surface area contributed by atoms with Gasteiger partial charge in [0.25, 0.3) is 0 Å². The summed E-state index contributed by atoms with van der Waals surface area (Å²) in [5.74, 6) is -0.787. The SMILES string of the molecule is CCn1nc(C)c(Br)c1CC(=O)c1c(F)cccc1Br. The molecule has 0 fully saturated rings. The van der Waals surface area contributed by atoms with Crippen molar-refractivity contribution < 1.29 is 9.18 Å². The number of ketones is 1. The van der Waals surface area contributed by atoms with Gasteiger partial charge in [-0.1, -0.05) is 6.07 Å². The van der Waals surface area contributed by atoms with Crippen LogP contribution in [0.15, 0.2) is 27.1 Å². The molecule has 20 heavy (non-hydrogen) atoms. The summed E-state index contributed by atoms with van der Waals surface area (Å²) in [6.45, 7) is 4.47. The van der Waals surface area contributed by atoms with E-state index in [1.807, 2.05) is 13.8 Å². The highest BCUT2D eigenvalue weighted by molar-refractivity contribution is 9.10. The minimum Gasteiger partial charge on any atom is -0.294 e. The Balaban J connectivity index is 2.38. The van der Waals surface area contributed by atoms with Gasteiger partial charge in [0.05, 0.1) is 27.8 Å². The first-order valence-corrected chi connectivity index (χ1v) is 7.73. The van der Waals surface area contributed by atoms with Gasteiger partial charge in [-0.2, -0.15) is 5.10 Å². The van der Waals surface area contributed by atoms with Crippen molar-refractivity contribution in [2.24, 2.45) is 0 Å². The Kier molecular flexibility index (Phi) is 4.75. The minimum atomic E-state index is -0.514. The molecule has 0 N–H and O–H groups in total. The first-order valence-electron chi connectivity index (χ1n) is 6.14. The van der Waals surface area contributed by atoms with E-state index >= 15 is 0 Å². The van der Waals surface area contributed by atoms with E-state index in [0.717, 1.165) is 15.9 Å². The molecule has 106 valence electrons. The van der Waals surface area contributed by atoms with Crippen molar-refractivity contribution >= 4 is 37.6 Å². The van der Waals surface area contributed by atoms with E-state index in [-0.39, 0.29) is 17.8 Å². The Hall–Kier alpha value is -1.01. The number of aromatic nitrogens is 2. The summed E-state index contributed by atoms with van der Waals surface area (Å²) in [6, 6.07) is 4.51. The predicted molar refractivity (Wildman–Crippen MR) is 82.5 cm³/mol. The van der Waals surface area contributed by atoms with Crippen molar-refractivity contribution in [2.75, 3.05) is 0 Å². The van der Waals surface area contributed by atoms with E-state index < -0.39 is 5.82 Å². The van der Waals surface area contributed by atoms with Gasteiger partial charge in [-0.05, 0) is 57.8 Å². The molecule has 0 aliphatic carbocycles. The number of halogens is 3. The number of carbonyl (C=O) groups excluding carboxylic acids is 1. The second-order valence-electron chi connectivity index (χ2n) is 4.36. The number of Topliss-reactive ketones (excluding diaryl/α,β-unsaturated/α-hetero) is 1. The molecular weight excluding hydrogens is 391 g/mol. The molecular formula is C14H13Br2FN2O. The maximum atomic E-state index is 13.8. The zero-order valence-electron chi connectivity index (χ0n) is 11.1. The van der Waals surface area contributed by atoms with Crippen LogP contribution in [0.3, 0.4) is 0 Å². The van der Waals surface area contributed by atoms with Gasteiger partial charge in [-0.25, -0.2) is 4.39 Å². The molecule has 0 aliphatic rings. The monoisotopic (exact) mass is 402 g/mol. The van der Waals surface area contributed by atoms with Gasteiger partial charge in [0.1, 0.15) is 5.82 Å². The fraction of sp³-hybridized carbons (Fsp3) is 0.286. The summed E-state index contributed by atoms with van der Waals surface area (Å²) in [7, 11) is 0. The molecule has 1 heterocycles. The van der Waals surface area contributed by atoms with Crippen LogP contribution < -0.4 is 0 Å². The Labute approximate surface area is 133 Å². The van der Waals surface area contributed by atoms with Crippen molar-refractivity contribution in [1.29, 1.82) is 0 Å². The number of hydrogen-bond acceptors (Lipinski definition) is 2. The standard InChI is InChI=1S/C14H13Br2FN2O/c1-3-19-11(14(16)8(2)18-19)7-12(20)13-9(15)5-4-6-10(13)17/h4-6H,3,7H2,1-2H3. The van der Waals surface area contributed by atoms with Crippen LogP contribution in [0, 0.1) is 12.7 Å². The highest BCUT2D eigenvalue weighted by atomic mass is 79.9. The molecule has 3 nitrogen and oxygen atoms in total. The molecule has 2 rings (SSSR count). The lowest BCUT2D eigenvalue weighted by atomic mass is 10.1. The molecule has 0 atom stereocenters. The highest BCUT2D eigenvalue weighted by Crippen LogP contribution is 2.25. The van der Waals surface area contributed by atoms with Crippen molar-refractivity contribution in [2.45, 2.75) is 26.8 Å². The van der Waals surface area contributed by atoms with Crippen LogP contribution in [0.2, 0.25) is 0 Å². The van der Waals surface area contributed by atoms with E-state index in [0.29, 0.717) is 11.0 Å². The van der Waals surface area contributed by atoms with Crippen LogP contribution >= 0.6 is 31.9 Å². The van der Waals surface area contributed by atoms with E-state index in [1.165, 1.54) is 6.07 Å². The molecule has 0 spiro atoms. The second kappa shape index (κ2) is 6.18. The summed E-state index contributed by atoms with van der Waals surface area (Å²) in [5, 5.41) is 4.33. The molecule has 6 heteroatoms. The first kappa shape index (κ1) is 15.4.